The van der Waals surface area contributed by atoms with Crippen LogP contribution in [0.5, 0.6) is 5.75 Å². The summed E-state index contributed by atoms with van der Waals surface area (Å²) < 4.78 is 10.5. The van der Waals surface area contributed by atoms with Crippen LogP contribution in [0.1, 0.15) is 10.5 Å². The Morgan fingerprint density at radius 2 is 2.08 bits per heavy atom. The average Bonchev–Trinajstić information content (AvgIpc) is 2.63. The van der Waals surface area contributed by atoms with Gasteiger partial charge in [0.15, 0.2) is 0 Å². The van der Waals surface area contributed by atoms with Crippen molar-refractivity contribution in [2.75, 3.05) is 43.6 Å². The molecule has 1 fully saturated rings. The topological polar surface area (TPSA) is 76.6 Å². The molecule has 2 aromatic rings. The molecule has 0 atom stereocenters. The Kier molecular flexibility index (Phi) is 5.12. The van der Waals surface area contributed by atoms with Gasteiger partial charge in [0.2, 0.25) is 0 Å². The monoisotopic (exact) mass is 348 g/mol. The number of carbonyl (C=O) groups is 1. The standard InChI is InChI=1S/C16H17ClN4O3/c1-23-14-3-2-11(17)8-12(14)20-16(22)13-9-19-15(10-18-13)21-4-6-24-7-5-21/h2-3,8-10H,4-7H2,1H3,(H,20,22). The number of methoxy groups -OCH3 is 1. The van der Waals surface area contributed by atoms with Crippen molar-refractivity contribution in [1.29, 1.82) is 0 Å². The van der Waals surface area contributed by atoms with E-state index in [1.807, 2.05) is 0 Å². The zero-order valence-corrected chi connectivity index (χ0v) is 13.9. The first-order valence-electron chi connectivity index (χ1n) is 7.47. The number of hydrogen-bond acceptors (Lipinski definition) is 6. The number of benzene rings is 1. The number of nitrogens with one attached hydrogen (secondary N) is 1. The third-order valence-electron chi connectivity index (χ3n) is 3.62. The fraction of sp³-hybridized carbons (Fsp3) is 0.312. The fourth-order valence-electron chi connectivity index (χ4n) is 2.36. The van der Waals surface area contributed by atoms with Crippen LogP contribution in [-0.4, -0.2) is 49.3 Å². The third-order valence-corrected chi connectivity index (χ3v) is 3.85. The number of halogens is 1. The summed E-state index contributed by atoms with van der Waals surface area (Å²) in [7, 11) is 1.52. The first kappa shape index (κ1) is 16.5. The SMILES string of the molecule is COc1ccc(Cl)cc1NC(=O)c1cnc(N2CCOCC2)cn1. The second-order valence-electron chi connectivity index (χ2n) is 5.16. The molecule has 1 N–H and O–H groups in total. The van der Waals surface area contributed by atoms with Gasteiger partial charge in [0.1, 0.15) is 17.3 Å². The van der Waals surface area contributed by atoms with Gasteiger partial charge in [0.05, 0.1) is 38.4 Å². The van der Waals surface area contributed by atoms with E-state index in [1.165, 1.54) is 13.3 Å². The van der Waals surface area contributed by atoms with E-state index in [-0.39, 0.29) is 11.6 Å². The van der Waals surface area contributed by atoms with Crippen LogP contribution in [0.25, 0.3) is 0 Å². The molecule has 1 aromatic heterocycles. The molecule has 0 radical (unpaired) electrons. The molecule has 3 rings (SSSR count). The zero-order chi connectivity index (χ0) is 16.9. The number of ether oxygens (including phenoxy) is 2. The highest BCUT2D eigenvalue weighted by Gasteiger charge is 2.15. The molecule has 1 aromatic carbocycles. The number of hydrogen-bond donors (Lipinski definition) is 1. The van der Waals surface area contributed by atoms with E-state index >= 15 is 0 Å². The Labute approximate surface area is 144 Å². The highest BCUT2D eigenvalue weighted by Crippen LogP contribution is 2.28. The van der Waals surface area contributed by atoms with Crippen molar-refractivity contribution in [3.63, 3.8) is 0 Å². The molecule has 7 nitrogen and oxygen atoms in total. The first-order chi connectivity index (χ1) is 11.7. The van der Waals surface area contributed by atoms with Crippen LogP contribution in [0.15, 0.2) is 30.6 Å². The van der Waals surface area contributed by atoms with Crippen LogP contribution in [0.4, 0.5) is 11.5 Å². The summed E-state index contributed by atoms with van der Waals surface area (Å²) in [6, 6.07) is 4.99. The van der Waals surface area contributed by atoms with Gasteiger partial charge in [0, 0.05) is 18.1 Å². The molecule has 2 heterocycles. The van der Waals surface area contributed by atoms with Crippen molar-refractivity contribution < 1.29 is 14.3 Å². The van der Waals surface area contributed by atoms with E-state index in [4.69, 9.17) is 21.1 Å². The molecule has 1 aliphatic heterocycles. The third kappa shape index (κ3) is 3.74. The van der Waals surface area contributed by atoms with Crippen LogP contribution >= 0.6 is 11.6 Å². The van der Waals surface area contributed by atoms with Crippen LogP contribution in [0.2, 0.25) is 5.02 Å². The molecule has 0 saturated carbocycles. The number of rotatable bonds is 4. The molecule has 0 aliphatic carbocycles. The van der Waals surface area contributed by atoms with Gasteiger partial charge in [-0.25, -0.2) is 9.97 Å². The number of morpholine rings is 1. The van der Waals surface area contributed by atoms with E-state index in [1.54, 1.807) is 24.4 Å². The molecule has 0 bridgehead atoms. The second-order valence-corrected chi connectivity index (χ2v) is 5.59. The maximum atomic E-state index is 12.3. The molecule has 126 valence electrons. The van der Waals surface area contributed by atoms with Gasteiger partial charge in [-0.1, -0.05) is 11.6 Å². The summed E-state index contributed by atoms with van der Waals surface area (Å²) in [6.07, 6.45) is 3.05. The highest BCUT2D eigenvalue weighted by atomic mass is 35.5. The van der Waals surface area contributed by atoms with Crippen LogP contribution in [0.3, 0.4) is 0 Å². The molecule has 24 heavy (non-hydrogen) atoms. The van der Waals surface area contributed by atoms with Crippen molar-refractivity contribution >= 4 is 29.0 Å². The molecular weight excluding hydrogens is 332 g/mol. The van der Waals surface area contributed by atoms with Crippen molar-refractivity contribution in [3.8, 4) is 5.75 Å². The van der Waals surface area contributed by atoms with E-state index in [0.717, 1.165) is 18.9 Å². The van der Waals surface area contributed by atoms with E-state index < -0.39 is 0 Å². The van der Waals surface area contributed by atoms with Gasteiger partial charge in [-0.15, -0.1) is 0 Å². The van der Waals surface area contributed by atoms with Crippen molar-refractivity contribution in [2.45, 2.75) is 0 Å². The second kappa shape index (κ2) is 7.46. The largest absolute Gasteiger partial charge is 0.495 e. The van der Waals surface area contributed by atoms with Crippen molar-refractivity contribution in [1.82, 2.24) is 9.97 Å². The summed E-state index contributed by atoms with van der Waals surface area (Å²) in [6.45, 7) is 2.86. The van der Waals surface area contributed by atoms with Gasteiger partial charge in [-0.05, 0) is 18.2 Å². The molecule has 8 heteroatoms. The average molecular weight is 349 g/mol. The summed E-state index contributed by atoms with van der Waals surface area (Å²) >= 11 is 5.96. The molecule has 1 aliphatic rings. The lowest BCUT2D eigenvalue weighted by atomic mass is 10.2. The van der Waals surface area contributed by atoms with Gasteiger partial charge in [0.25, 0.3) is 5.91 Å². The van der Waals surface area contributed by atoms with Crippen molar-refractivity contribution in [3.05, 3.63) is 41.3 Å². The maximum Gasteiger partial charge on any atom is 0.275 e. The normalized spacial score (nSPS) is 14.3. The van der Waals surface area contributed by atoms with Crippen LogP contribution < -0.4 is 15.0 Å². The lowest BCUT2D eigenvalue weighted by Crippen LogP contribution is -2.36. The number of aromatic nitrogens is 2. The van der Waals surface area contributed by atoms with E-state index in [0.29, 0.717) is 29.7 Å². The Hall–Kier alpha value is -2.38. The first-order valence-corrected chi connectivity index (χ1v) is 7.85. The number of carbonyl (C=O) groups excluding carboxylic acids is 1. The lowest BCUT2D eigenvalue weighted by molar-refractivity contribution is 0.102. The minimum atomic E-state index is -0.378. The summed E-state index contributed by atoms with van der Waals surface area (Å²) in [5, 5.41) is 3.23. The lowest BCUT2D eigenvalue weighted by Gasteiger charge is -2.27. The minimum absolute atomic E-state index is 0.217. The van der Waals surface area contributed by atoms with E-state index in [2.05, 4.69) is 20.2 Å². The predicted molar refractivity (Wildman–Crippen MR) is 91.0 cm³/mol. The Balaban J connectivity index is 1.72. The zero-order valence-electron chi connectivity index (χ0n) is 13.2. The molecule has 0 unspecified atom stereocenters. The van der Waals surface area contributed by atoms with Crippen LogP contribution in [-0.2, 0) is 4.74 Å². The Morgan fingerprint density at radius 3 is 2.75 bits per heavy atom. The summed E-state index contributed by atoms with van der Waals surface area (Å²) in [5.41, 5.74) is 0.697. The van der Waals surface area contributed by atoms with Gasteiger partial charge in [-0.2, -0.15) is 0 Å². The van der Waals surface area contributed by atoms with Gasteiger partial charge >= 0.3 is 0 Å². The molecule has 0 spiro atoms. The summed E-state index contributed by atoms with van der Waals surface area (Å²) in [4.78, 5) is 22.9. The maximum absolute atomic E-state index is 12.3. The fourth-order valence-corrected chi connectivity index (χ4v) is 2.53. The highest BCUT2D eigenvalue weighted by molar-refractivity contribution is 6.31. The molecule has 1 saturated heterocycles. The predicted octanol–water partition coefficient (Wildman–Crippen LogP) is 2.23. The summed E-state index contributed by atoms with van der Waals surface area (Å²) in [5.74, 6) is 0.873. The number of anilines is 2. The van der Waals surface area contributed by atoms with Gasteiger partial charge < -0.3 is 19.7 Å². The number of nitrogens with zero attached hydrogens (tertiary/aromatic N) is 3. The number of amides is 1. The van der Waals surface area contributed by atoms with Crippen molar-refractivity contribution in [2.24, 2.45) is 0 Å². The smallest absolute Gasteiger partial charge is 0.275 e. The quantitative estimate of drug-likeness (QED) is 0.913. The molecule has 1 amide bonds. The minimum Gasteiger partial charge on any atom is -0.495 e. The van der Waals surface area contributed by atoms with Gasteiger partial charge in [-0.3, -0.25) is 4.79 Å². The Morgan fingerprint density at radius 1 is 1.29 bits per heavy atom. The van der Waals surface area contributed by atoms with Crippen LogP contribution in [0, 0.1) is 0 Å². The Bertz CT molecular complexity index is 718. The van der Waals surface area contributed by atoms with E-state index in [9.17, 15) is 4.79 Å². The molecular formula is C16H17ClN4O3.